The van der Waals surface area contributed by atoms with E-state index in [1.165, 1.54) is 4.57 Å². The molecule has 0 bridgehead atoms. The van der Waals surface area contributed by atoms with Crippen LogP contribution in [0.1, 0.15) is 11.1 Å². The molecular formula is C17H20N4O7. The number of aromatic amines is 1. The minimum absolute atomic E-state index is 0.126. The molecule has 1 aromatic rings. The lowest BCUT2D eigenvalue weighted by Gasteiger charge is -2.25. The lowest BCUT2D eigenvalue weighted by molar-refractivity contribution is -0.0802. The first kappa shape index (κ1) is 20.0. The minimum Gasteiger partial charge on any atom is -0.394 e. The van der Waals surface area contributed by atoms with Crippen molar-refractivity contribution < 1.29 is 25.5 Å². The van der Waals surface area contributed by atoms with Gasteiger partial charge in [-0.05, 0) is 30.2 Å². The molecule has 2 aliphatic heterocycles. The molecule has 11 nitrogen and oxygen atoms in total. The maximum Gasteiger partial charge on any atom is 0.349 e. The predicted molar refractivity (Wildman–Crippen MR) is 96.8 cm³/mol. The van der Waals surface area contributed by atoms with Crippen molar-refractivity contribution in [3.63, 3.8) is 0 Å². The van der Waals surface area contributed by atoms with Gasteiger partial charge in [0.15, 0.2) is 11.5 Å². The van der Waals surface area contributed by atoms with E-state index >= 15 is 0 Å². The second-order valence-electron chi connectivity index (χ2n) is 6.50. The molecule has 2 aliphatic rings. The van der Waals surface area contributed by atoms with E-state index in [1.807, 2.05) is 4.98 Å². The van der Waals surface area contributed by atoms with Crippen molar-refractivity contribution >= 4 is 11.0 Å². The Morgan fingerprint density at radius 3 is 2.46 bits per heavy atom. The lowest BCUT2D eigenvalue weighted by Crippen LogP contribution is -2.42. The lowest BCUT2D eigenvalue weighted by atomic mass is 10.1. The molecule has 28 heavy (non-hydrogen) atoms. The summed E-state index contributed by atoms with van der Waals surface area (Å²) in [6.45, 7) is 0.346. The van der Waals surface area contributed by atoms with Crippen LogP contribution in [0.5, 0.6) is 0 Å². The number of aryl methyl sites for hydroxylation is 1. The van der Waals surface area contributed by atoms with E-state index in [-0.39, 0.29) is 24.7 Å². The maximum absolute atomic E-state index is 12.2. The Balaban J connectivity index is 2.29. The Labute approximate surface area is 157 Å². The summed E-state index contributed by atoms with van der Waals surface area (Å²) in [6, 6.07) is 3.21. The molecule has 0 fully saturated rings. The van der Waals surface area contributed by atoms with E-state index in [9.17, 15) is 30.0 Å². The Hall–Kier alpha value is -2.70. The molecule has 1 aromatic carbocycles. The molecule has 150 valence electrons. The largest absolute Gasteiger partial charge is 0.394 e. The summed E-state index contributed by atoms with van der Waals surface area (Å²) in [5.74, 6) is -0.126. The van der Waals surface area contributed by atoms with Gasteiger partial charge in [0.2, 0.25) is 0 Å². The molecule has 0 amide bonds. The van der Waals surface area contributed by atoms with Crippen LogP contribution in [-0.2, 0) is 13.2 Å². The average molecular weight is 392 g/mol. The van der Waals surface area contributed by atoms with Crippen molar-refractivity contribution in [1.82, 2.24) is 19.5 Å². The number of aliphatic hydroxyl groups excluding tert-OH is 5. The van der Waals surface area contributed by atoms with E-state index in [0.717, 1.165) is 5.56 Å². The average Bonchev–Trinajstić information content (AvgIpc) is 2.66. The first-order valence-electron chi connectivity index (χ1n) is 8.46. The van der Waals surface area contributed by atoms with Crippen LogP contribution in [0.3, 0.4) is 0 Å². The van der Waals surface area contributed by atoms with Gasteiger partial charge < -0.3 is 30.1 Å². The van der Waals surface area contributed by atoms with Gasteiger partial charge >= 0.3 is 5.69 Å². The molecule has 0 unspecified atom stereocenters. The van der Waals surface area contributed by atoms with Crippen molar-refractivity contribution in [3.8, 4) is 11.5 Å². The SMILES string of the molecule is Cc1cc2nc3c(=O)[nH]c(=O)nc-3n(C[C@@H](O)[C@@H](O)[C@@H](O)CO)c2cc1CO. The summed E-state index contributed by atoms with van der Waals surface area (Å²) in [7, 11) is 0. The number of benzene rings is 1. The molecule has 0 aromatic heterocycles. The van der Waals surface area contributed by atoms with Gasteiger partial charge in [-0.1, -0.05) is 0 Å². The van der Waals surface area contributed by atoms with E-state index in [4.69, 9.17) is 5.11 Å². The summed E-state index contributed by atoms with van der Waals surface area (Å²) in [4.78, 5) is 33.9. The number of rotatable bonds is 6. The molecule has 0 radical (unpaired) electrons. The summed E-state index contributed by atoms with van der Waals surface area (Å²) in [6.07, 6.45) is -4.83. The molecule has 0 saturated heterocycles. The first-order valence-corrected chi connectivity index (χ1v) is 8.46. The zero-order valence-corrected chi connectivity index (χ0v) is 14.9. The predicted octanol–water partition coefficient (Wildman–Crippen LogP) is -2.54. The summed E-state index contributed by atoms with van der Waals surface area (Å²) >= 11 is 0. The van der Waals surface area contributed by atoms with Gasteiger partial charge in [0, 0.05) is 0 Å². The number of nitrogens with one attached hydrogen (secondary N) is 1. The van der Waals surface area contributed by atoms with E-state index in [2.05, 4.69) is 9.97 Å². The second-order valence-corrected chi connectivity index (χ2v) is 6.50. The molecule has 11 heteroatoms. The monoisotopic (exact) mass is 392 g/mol. The molecule has 2 heterocycles. The highest BCUT2D eigenvalue weighted by Crippen LogP contribution is 2.25. The van der Waals surface area contributed by atoms with Crippen LogP contribution in [0.25, 0.3) is 22.6 Å². The smallest absolute Gasteiger partial charge is 0.349 e. The van der Waals surface area contributed by atoms with E-state index in [0.29, 0.717) is 16.6 Å². The molecule has 6 N–H and O–H groups in total. The molecular weight excluding hydrogens is 372 g/mol. The van der Waals surface area contributed by atoms with Gasteiger partial charge in [0.05, 0.1) is 30.8 Å². The highest BCUT2D eigenvalue weighted by Gasteiger charge is 2.27. The standard InChI is InChI=1S/C17H20N4O7/c1-7-2-9-10(3-8(7)5-22)21(4-11(24)14(26)12(25)6-23)15-13(18-9)16(27)20-17(28)19-15/h2-3,11-12,14,22-26H,4-6H2,1H3,(H,20,27,28)/t11-,12+,14-/m1/s1. The van der Waals surface area contributed by atoms with Crippen LogP contribution in [-0.4, -0.2) is 70.0 Å². The summed E-state index contributed by atoms with van der Waals surface area (Å²) in [5.41, 5.74) is 0.149. The fourth-order valence-corrected chi connectivity index (χ4v) is 3.00. The van der Waals surface area contributed by atoms with Gasteiger partial charge in [-0.15, -0.1) is 0 Å². The highest BCUT2D eigenvalue weighted by atomic mass is 16.4. The van der Waals surface area contributed by atoms with Crippen LogP contribution in [0, 0.1) is 6.92 Å². The van der Waals surface area contributed by atoms with Crippen LogP contribution in [0.15, 0.2) is 21.7 Å². The van der Waals surface area contributed by atoms with Gasteiger partial charge in [-0.3, -0.25) is 9.78 Å². The molecule has 3 atom stereocenters. The van der Waals surface area contributed by atoms with E-state index < -0.39 is 36.2 Å². The number of aliphatic hydroxyl groups is 5. The quantitative estimate of drug-likeness (QED) is 0.246. The van der Waals surface area contributed by atoms with Crippen LogP contribution >= 0.6 is 0 Å². The minimum atomic E-state index is -1.69. The fourth-order valence-electron chi connectivity index (χ4n) is 3.00. The Morgan fingerprint density at radius 1 is 1.11 bits per heavy atom. The third kappa shape index (κ3) is 3.53. The normalized spacial score (nSPS) is 15.1. The first-order chi connectivity index (χ1) is 13.3. The number of H-pyrrole nitrogens is 1. The number of nitrogens with zero attached hydrogens (tertiary/aromatic N) is 3. The molecule has 0 aliphatic carbocycles. The van der Waals surface area contributed by atoms with Crippen molar-refractivity contribution in [2.75, 3.05) is 6.61 Å². The highest BCUT2D eigenvalue weighted by molar-refractivity contribution is 5.81. The number of hydrogen-bond donors (Lipinski definition) is 6. The Kier molecular flexibility index (Phi) is 5.54. The topological polar surface area (TPSA) is 182 Å². The van der Waals surface area contributed by atoms with Crippen molar-refractivity contribution in [3.05, 3.63) is 44.1 Å². The summed E-state index contributed by atoms with van der Waals surface area (Å²) in [5, 5.41) is 48.4. The van der Waals surface area contributed by atoms with Crippen LogP contribution < -0.4 is 11.2 Å². The molecule has 0 spiro atoms. The number of fused-ring (bicyclic) bond motifs is 2. The van der Waals surface area contributed by atoms with Gasteiger partial charge in [-0.2, -0.15) is 4.98 Å². The third-order valence-electron chi connectivity index (χ3n) is 4.58. The third-order valence-corrected chi connectivity index (χ3v) is 4.58. The molecule has 3 rings (SSSR count). The zero-order valence-electron chi connectivity index (χ0n) is 14.9. The van der Waals surface area contributed by atoms with Crippen molar-refractivity contribution in [1.29, 1.82) is 0 Å². The Bertz CT molecular complexity index is 1090. The number of hydrogen-bond acceptors (Lipinski definition) is 9. The van der Waals surface area contributed by atoms with E-state index in [1.54, 1.807) is 19.1 Å². The molecule has 0 saturated carbocycles. The van der Waals surface area contributed by atoms with Gasteiger partial charge in [-0.25, -0.2) is 9.78 Å². The zero-order chi connectivity index (χ0) is 20.6. The van der Waals surface area contributed by atoms with Crippen molar-refractivity contribution in [2.24, 2.45) is 0 Å². The van der Waals surface area contributed by atoms with Gasteiger partial charge in [0.1, 0.15) is 18.3 Å². The van der Waals surface area contributed by atoms with Gasteiger partial charge in [0.25, 0.3) is 5.56 Å². The van der Waals surface area contributed by atoms with Crippen molar-refractivity contribution in [2.45, 2.75) is 38.4 Å². The Morgan fingerprint density at radius 2 is 1.82 bits per heavy atom. The van der Waals surface area contributed by atoms with Crippen LogP contribution in [0.4, 0.5) is 0 Å². The van der Waals surface area contributed by atoms with Crippen LogP contribution in [0.2, 0.25) is 0 Å². The summed E-state index contributed by atoms with van der Waals surface area (Å²) < 4.78 is 1.31. The number of aromatic nitrogens is 4. The maximum atomic E-state index is 12.2. The fraction of sp³-hybridized carbons (Fsp3) is 0.412. The second kappa shape index (κ2) is 7.73.